The van der Waals surface area contributed by atoms with Crippen molar-refractivity contribution < 1.29 is 19.4 Å². The zero-order chi connectivity index (χ0) is 13.8. The first kappa shape index (κ1) is 14.1. The number of hydrogen-bond donors (Lipinski definition) is 1. The van der Waals surface area contributed by atoms with Crippen LogP contribution >= 0.6 is 0 Å². The maximum atomic E-state index is 12.3. The average molecular weight is 270 g/mol. The van der Waals surface area contributed by atoms with Gasteiger partial charge in [0.1, 0.15) is 0 Å². The Morgan fingerprint density at radius 3 is 2.63 bits per heavy atom. The Kier molecular flexibility index (Phi) is 4.63. The number of carbonyl (C=O) groups is 2. The molecule has 0 radical (unpaired) electrons. The van der Waals surface area contributed by atoms with Crippen molar-refractivity contribution in [1.82, 2.24) is 9.80 Å². The highest BCUT2D eigenvalue weighted by Crippen LogP contribution is 2.21. The van der Waals surface area contributed by atoms with Crippen molar-refractivity contribution in [3.05, 3.63) is 0 Å². The second-order valence-electron chi connectivity index (χ2n) is 5.33. The molecule has 2 heterocycles. The van der Waals surface area contributed by atoms with Crippen molar-refractivity contribution in [1.29, 1.82) is 0 Å². The summed E-state index contributed by atoms with van der Waals surface area (Å²) in [5.41, 5.74) is 0. The minimum absolute atomic E-state index is 0.0367. The number of aliphatic carboxylic acids is 1. The molecule has 2 amide bonds. The van der Waals surface area contributed by atoms with E-state index < -0.39 is 5.97 Å². The molecule has 1 N–H and O–H groups in total. The first-order chi connectivity index (χ1) is 9.10. The van der Waals surface area contributed by atoms with E-state index >= 15 is 0 Å². The first-order valence-electron chi connectivity index (χ1n) is 6.97. The molecule has 2 unspecified atom stereocenters. The van der Waals surface area contributed by atoms with Crippen LogP contribution in [0.25, 0.3) is 0 Å². The Balaban J connectivity index is 1.87. The maximum Gasteiger partial charge on any atom is 0.320 e. The smallest absolute Gasteiger partial charge is 0.320 e. The zero-order valence-corrected chi connectivity index (χ0v) is 11.4. The number of ether oxygens (including phenoxy) is 1. The second-order valence-corrected chi connectivity index (χ2v) is 5.33. The van der Waals surface area contributed by atoms with Gasteiger partial charge in [0, 0.05) is 26.2 Å². The summed E-state index contributed by atoms with van der Waals surface area (Å²) in [6, 6.07) is 0.0367. The minimum atomic E-state index is -0.883. The van der Waals surface area contributed by atoms with Crippen molar-refractivity contribution in [3.63, 3.8) is 0 Å². The lowest BCUT2D eigenvalue weighted by Crippen LogP contribution is -2.50. The minimum Gasteiger partial charge on any atom is -0.481 e. The maximum absolute atomic E-state index is 12.3. The number of likely N-dealkylation sites (tertiary alicyclic amines) is 1. The first-order valence-corrected chi connectivity index (χ1v) is 6.97. The van der Waals surface area contributed by atoms with E-state index in [1.165, 1.54) is 0 Å². The van der Waals surface area contributed by atoms with Gasteiger partial charge in [-0.05, 0) is 12.3 Å². The normalized spacial score (nSPS) is 27.6. The number of urea groups is 1. The number of carboxylic acid groups (broad SMARTS) is 1. The summed E-state index contributed by atoms with van der Waals surface area (Å²) in [5, 5.41) is 8.77. The second kappa shape index (κ2) is 6.23. The van der Waals surface area contributed by atoms with Gasteiger partial charge in [0.15, 0.2) is 0 Å². The van der Waals surface area contributed by atoms with E-state index in [9.17, 15) is 9.59 Å². The molecule has 0 bridgehead atoms. The fourth-order valence-electron chi connectivity index (χ4n) is 2.75. The van der Waals surface area contributed by atoms with Crippen molar-refractivity contribution in [2.75, 3.05) is 32.8 Å². The summed E-state index contributed by atoms with van der Waals surface area (Å²) in [6.45, 7) is 5.17. The molecule has 6 heteroatoms. The quantitative estimate of drug-likeness (QED) is 0.831. The van der Waals surface area contributed by atoms with Crippen LogP contribution < -0.4 is 0 Å². The van der Waals surface area contributed by atoms with Crippen LogP contribution in [0.4, 0.5) is 4.79 Å². The van der Waals surface area contributed by atoms with Gasteiger partial charge in [0.2, 0.25) is 0 Å². The van der Waals surface area contributed by atoms with E-state index in [0.717, 1.165) is 25.9 Å². The van der Waals surface area contributed by atoms with Crippen LogP contribution in [0.5, 0.6) is 0 Å². The fraction of sp³-hybridized carbons (Fsp3) is 0.846. The van der Waals surface area contributed by atoms with E-state index in [4.69, 9.17) is 9.84 Å². The summed E-state index contributed by atoms with van der Waals surface area (Å²) in [7, 11) is 0. The van der Waals surface area contributed by atoms with Gasteiger partial charge in [0.05, 0.1) is 19.1 Å². The Bertz CT molecular complexity index is 348. The van der Waals surface area contributed by atoms with Crippen LogP contribution in [0.15, 0.2) is 0 Å². The van der Waals surface area contributed by atoms with E-state index in [-0.39, 0.29) is 18.6 Å². The Labute approximate surface area is 113 Å². The summed E-state index contributed by atoms with van der Waals surface area (Å²) in [5.74, 6) is -0.272. The number of carbonyl (C=O) groups excluding carboxylic acids is 1. The molecule has 19 heavy (non-hydrogen) atoms. The van der Waals surface area contributed by atoms with Crippen molar-refractivity contribution in [3.8, 4) is 0 Å². The third-order valence-electron chi connectivity index (χ3n) is 3.95. The molecule has 0 spiro atoms. The predicted octanol–water partition coefficient (Wildman–Crippen LogP) is 1.01. The number of amides is 2. The zero-order valence-electron chi connectivity index (χ0n) is 11.4. The van der Waals surface area contributed by atoms with Gasteiger partial charge >= 0.3 is 12.0 Å². The topological polar surface area (TPSA) is 70.1 Å². The lowest BCUT2D eigenvalue weighted by atomic mass is 10.1. The molecule has 0 aliphatic carbocycles. The van der Waals surface area contributed by atoms with Gasteiger partial charge in [0.25, 0.3) is 0 Å². The molecule has 6 nitrogen and oxygen atoms in total. The molecule has 2 rings (SSSR count). The van der Waals surface area contributed by atoms with Crippen molar-refractivity contribution in [2.45, 2.75) is 32.3 Å². The third-order valence-corrected chi connectivity index (χ3v) is 3.95. The van der Waals surface area contributed by atoms with Gasteiger partial charge in [-0.25, -0.2) is 4.79 Å². The highest BCUT2D eigenvalue weighted by Gasteiger charge is 2.32. The largest absolute Gasteiger partial charge is 0.481 e. The van der Waals surface area contributed by atoms with Crippen LogP contribution in [-0.2, 0) is 9.53 Å². The number of carboxylic acids is 1. The lowest BCUT2D eigenvalue weighted by Gasteiger charge is -2.34. The molecule has 0 aromatic heterocycles. The van der Waals surface area contributed by atoms with Gasteiger partial charge in [-0.3, -0.25) is 4.79 Å². The molecule has 0 aromatic rings. The third kappa shape index (κ3) is 3.59. The van der Waals surface area contributed by atoms with Gasteiger partial charge in [-0.2, -0.15) is 0 Å². The molecular weight excluding hydrogens is 248 g/mol. The fourth-order valence-corrected chi connectivity index (χ4v) is 2.75. The number of rotatable bonds is 3. The molecule has 108 valence electrons. The van der Waals surface area contributed by atoms with E-state index in [2.05, 4.69) is 6.92 Å². The van der Waals surface area contributed by atoms with Crippen LogP contribution in [0.3, 0.4) is 0 Å². The predicted molar refractivity (Wildman–Crippen MR) is 68.9 cm³/mol. The Morgan fingerprint density at radius 2 is 2.00 bits per heavy atom. The average Bonchev–Trinajstić information content (AvgIpc) is 2.86. The SMILES string of the molecule is CCC1CCN(C(=O)N2CCOC(CC(=O)O)C2)C1. The molecule has 2 fully saturated rings. The molecule has 0 aromatic carbocycles. The molecule has 2 atom stereocenters. The number of nitrogens with zero attached hydrogens (tertiary/aromatic N) is 2. The lowest BCUT2D eigenvalue weighted by molar-refractivity contribution is -0.141. The number of morpholine rings is 1. The van der Waals surface area contributed by atoms with Crippen LogP contribution in [-0.4, -0.2) is 65.8 Å². The van der Waals surface area contributed by atoms with E-state index in [1.54, 1.807) is 4.90 Å². The standard InChI is InChI=1S/C13H22N2O4/c1-2-10-3-4-14(8-10)13(18)15-5-6-19-11(9-15)7-12(16)17/h10-11H,2-9H2,1H3,(H,16,17). The molecule has 0 saturated carbocycles. The van der Waals surface area contributed by atoms with Gasteiger partial charge in [-0.15, -0.1) is 0 Å². The van der Waals surface area contributed by atoms with Gasteiger partial charge < -0.3 is 19.6 Å². The molecule has 2 aliphatic rings. The molecule has 2 aliphatic heterocycles. The summed E-state index contributed by atoms with van der Waals surface area (Å²) in [4.78, 5) is 26.6. The van der Waals surface area contributed by atoms with Crippen LogP contribution in [0.1, 0.15) is 26.2 Å². The highest BCUT2D eigenvalue weighted by atomic mass is 16.5. The van der Waals surface area contributed by atoms with E-state index in [0.29, 0.717) is 25.6 Å². The van der Waals surface area contributed by atoms with Crippen LogP contribution in [0.2, 0.25) is 0 Å². The van der Waals surface area contributed by atoms with Crippen molar-refractivity contribution >= 4 is 12.0 Å². The molecule has 2 saturated heterocycles. The van der Waals surface area contributed by atoms with Crippen LogP contribution in [0, 0.1) is 5.92 Å². The Hall–Kier alpha value is -1.30. The summed E-state index contributed by atoms with van der Waals surface area (Å²) < 4.78 is 5.38. The highest BCUT2D eigenvalue weighted by molar-refractivity contribution is 5.75. The monoisotopic (exact) mass is 270 g/mol. The number of hydrogen-bond acceptors (Lipinski definition) is 3. The van der Waals surface area contributed by atoms with Crippen molar-refractivity contribution in [2.24, 2.45) is 5.92 Å². The van der Waals surface area contributed by atoms with Gasteiger partial charge in [-0.1, -0.05) is 13.3 Å². The van der Waals surface area contributed by atoms with E-state index in [1.807, 2.05) is 4.90 Å². The Morgan fingerprint density at radius 1 is 1.26 bits per heavy atom. The molecular formula is C13H22N2O4. The summed E-state index contributed by atoms with van der Waals surface area (Å²) in [6.07, 6.45) is 1.76. The summed E-state index contributed by atoms with van der Waals surface area (Å²) >= 11 is 0.